The maximum Gasteiger partial charge on any atom is 0.308 e. The lowest BCUT2D eigenvalue weighted by Gasteiger charge is -2.12. The molecule has 0 atom stereocenters. The van der Waals surface area contributed by atoms with Crippen LogP contribution in [0.2, 0.25) is 0 Å². The molecule has 0 radical (unpaired) electrons. The zero-order valence-corrected chi connectivity index (χ0v) is 10.4. The number of nitro groups is 1. The van der Waals surface area contributed by atoms with Crippen molar-refractivity contribution >= 4 is 22.8 Å². The average molecular weight is 269 g/mol. The van der Waals surface area contributed by atoms with Gasteiger partial charge < -0.3 is 14.1 Å². The molecule has 1 aromatic heterocycles. The van der Waals surface area contributed by atoms with Gasteiger partial charge in [0.1, 0.15) is 5.52 Å². The quantitative estimate of drug-likeness (QED) is 0.609. The summed E-state index contributed by atoms with van der Waals surface area (Å²) in [5.41, 5.74) is -0.218. The lowest BCUT2D eigenvalue weighted by atomic mass is 10.3. The topological polar surface area (TPSA) is 81.6 Å². The van der Waals surface area contributed by atoms with Crippen molar-refractivity contribution in [3.8, 4) is 0 Å². The van der Waals surface area contributed by atoms with E-state index in [-0.39, 0.29) is 17.1 Å². The molecule has 0 unspecified atom stereocenters. The average Bonchev–Trinajstić information content (AvgIpc) is 2.77. The van der Waals surface area contributed by atoms with Crippen molar-refractivity contribution < 1.29 is 18.5 Å². The Morgan fingerprint density at radius 1 is 1.58 bits per heavy atom. The molecule has 0 saturated heterocycles. The van der Waals surface area contributed by atoms with E-state index in [1.54, 1.807) is 19.1 Å². The number of aromatic nitrogens is 1. The van der Waals surface area contributed by atoms with Crippen molar-refractivity contribution in [3.63, 3.8) is 0 Å². The third-order valence-electron chi connectivity index (χ3n) is 2.60. The molecule has 0 spiro atoms. The monoisotopic (exact) mass is 269 g/mol. The molecular weight excluding hydrogens is 257 g/mol. The van der Waals surface area contributed by atoms with Crippen LogP contribution in [0.25, 0.3) is 11.1 Å². The second-order valence-electron chi connectivity index (χ2n) is 3.94. The number of nitrogens with zero attached hydrogens (tertiary/aromatic N) is 3. The normalized spacial score (nSPS) is 10.9. The number of rotatable bonds is 5. The van der Waals surface area contributed by atoms with Crippen LogP contribution in [-0.4, -0.2) is 37.2 Å². The Labute approximate surface area is 107 Å². The molecule has 0 amide bonds. The highest BCUT2D eigenvalue weighted by atomic mass is 19.1. The van der Waals surface area contributed by atoms with E-state index >= 15 is 0 Å². The highest BCUT2D eigenvalue weighted by Crippen LogP contribution is 2.27. The Bertz CT molecular complexity index is 613. The molecule has 2 aromatic rings. The first-order chi connectivity index (χ1) is 9.02. The number of fused-ring (bicyclic) bond motifs is 1. The van der Waals surface area contributed by atoms with Crippen molar-refractivity contribution in [2.24, 2.45) is 0 Å². The van der Waals surface area contributed by atoms with Gasteiger partial charge in [-0.25, -0.2) is 0 Å². The van der Waals surface area contributed by atoms with Gasteiger partial charge in [0.2, 0.25) is 5.82 Å². The number of likely N-dealkylation sites (N-methyl/N-ethyl adjacent to an activating group) is 1. The van der Waals surface area contributed by atoms with Crippen LogP contribution in [0, 0.1) is 15.9 Å². The van der Waals surface area contributed by atoms with E-state index in [1.165, 1.54) is 0 Å². The summed E-state index contributed by atoms with van der Waals surface area (Å²) in [5, 5.41) is 10.6. The number of hydrogen-bond acceptors (Lipinski definition) is 6. The molecular formula is C11H12FN3O4. The number of nitro benzene ring substituents is 1. The zero-order chi connectivity index (χ0) is 14.0. The summed E-state index contributed by atoms with van der Waals surface area (Å²) in [6, 6.07) is 2.28. The molecule has 102 valence electrons. The molecule has 0 saturated carbocycles. The van der Waals surface area contributed by atoms with Crippen LogP contribution >= 0.6 is 0 Å². The van der Waals surface area contributed by atoms with Gasteiger partial charge in [-0.3, -0.25) is 10.1 Å². The molecule has 0 aliphatic heterocycles. The Morgan fingerprint density at radius 3 is 2.95 bits per heavy atom. The highest BCUT2D eigenvalue weighted by Gasteiger charge is 2.19. The van der Waals surface area contributed by atoms with Gasteiger partial charge in [0.25, 0.3) is 6.01 Å². The fourth-order valence-electron chi connectivity index (χ4n) is 1.55. The van der Waals surface area contributed by atoms with Gasteiger partial charge in [-0.05, 0) is 0 Å². The third-order valence-corrected chi connectivity index (χ3v) is 2.60. The SMILES string of the molecule is COCCN(C)c1nc2cc(F)c([N+](=O)[O-])cc2o1. The third kappa shape index (κ3) is 2.63. The van der Waals surface area contributed by atoms with Crippen LogP contribution in [0.4, 0.5) is 16.1 Å². The van der Waals surface area contributed by atoms with Crippen LogP contribution in [0.3, 0.4) is 0 Å². The van der Waals surface area contributed by atoms with Crippen molar-refractivity contribution in [2.75, 3.05) is 32.2 Å². The molecule has 0 N–H and O–H groups in total. The second kappa shape index (κ2) is 5.19. The predicted octanol–water partition coefficient (Wildman–Crippen LogP) is 1.96. The zero-order valence-electron chi connectivity index (χ0n) is 10.4. The first kappa shape index (κ1) is 13.2. The summed E-state index contributed by atoms with van der Waals surface area (Å²) in [7, 11) is 3.30. The van der Waals surface area contributed by atoms with Crippen LogP contribution in [0.1, 0.15) is 0 Å². The summed E-state index contributed by atoms with van der Waals surface area (Å²) in [5.74, 6) is -0.933. The van der Waals surface area contributed by atoms with Gasteiger partial charge in [-0.15, -0.1) is 0 Å². The smallest absolute Gasteiger partial charge is 0.308 e. The summed E-state index contributed by atoms with van der Waals surface area (Å²) in [4.78, 5) is 15.6. The van der Waals surface area contributed by atoms with Gasteiger partial charge in [0.05, 0.1) is 17.6 Å². The molecule has 19 heavy (non-hydrogen) atoms. The summed E-state index contributed by atoms with van der Waals surface area (Å²) < 4.78 is 23.7. The number of halogens is 1. The lowest BCUT2D eigenvalue weighted by Crippen LogP contribution is -2.22. The Kier molecular flexibility index (Phi) is 3.61. The summed E-state index contributed by atoms with van der Waals surface area (Å²) in [6.07, 6.45) is 0. The Hall–Kier alpha value is -2.22. The van der Waals surface area contributed by atoms with Gasteiger partial charge >= 0.3 is 5.69 Å². The molecule has 0 fully saturated rings. The number of anilines is 1. The Morgan fingerprint density at radius 2 is 2.32 bits per heavy atom. The van der Waals surface area contributed by atoms with E-state index in [2.05, 4.69) is 4.98 Å². The van der Waals surface area contributed by atoms with E-state index < -0.39 is 16.4 Å². The number of benzene rings is 1. The van der Waals surface area contributed by atoms with E-state index in [9.17, 15) is 14.5 Å². The molecule has 7 nitrogen and oxygen atoms in total. The van der Waals surface area contributed by atoms with Gasteiger partial charge in [0.15, 0.2) is 5.58 Å². The second-order valence-corrected chi connectivity index (χ2v) is 3.94. The van der Waals surface area contributed by atoms with E-state index in [0.717, 1.165) is 12.1 Å². The molecule has 8 heteroatoms. The fourth-order valence-corrected chi connectivity index (χ4v) is 1.55. The minimum absolute atomic E-state index is 0.173. The van der Waals surface area contributed by atoms with Crippen LogP contribution in [0.15, 0.2) is 16.5 Å². The van der Waals surface area contributed by atoms with Crippen LogP contribution in [0.5, 0.6) is 0 Å². The number of methoxy groups -OCH3 is 1. The largest absolute Gasteiger partial charge is 0.423 e. The Balaban J connectivity index is 2.37. The van der Waals surface area contributed by atoms with Crippen molar-refractivity contribution in [1.82, 2.24) is 4.98 Å². The molecule has 0 bridgehead atoms. The molecule has 0 aliphatic rings. The van der Waals surface area contributed by atoms with Gasteiger partial charge in [-0.2, -0.15) is 9.37 Å². The molecule has 1 aromatic carbocycles. The standard InChI is InChI=1S/C11H12FN3O4/c1-14(3-4-18-2)11-13-8-5-7(12)9(15(16)17)6-10(8)19-11/h5-6H,3-4H2,1-2H3. The van der Waals surface area contributed by atoms with Crippen LogP contribution < -0.4 is 4.90 Å². The van der Waals surface area contributed by atoms with E-state index in [1.807, 2.05) is 0 Å². The van der Waals surface area contributed by atoms with Crippen molar-refractivity contribution in [3.05, 3.63) is 28.1 Å². The van der Waals surface area contributed by atoms with Crippen LogP contribution in [-0.2, 0) is 4.74 Å². The fraction of sp³-hybridized carbons (Fsp3) is 0.364. The first-order valence-electron chi connectivity index (χ1n) is 5.47. The number of ether oxygens (including phenoxy) is 1. The van der Waals surface area contributed by atoms with Gasteiger partial charge in [0, 0.05) is 26.8 Å². The molecule has 2 rings (SSSR count). The molecule has 1 heterocycles. The maximum atomic E-state index is 13.4. The minimum Gasteiger partial charge on any atom is -0.423 e. The highest BCUT2D eigenvalue weighted by molar-refractivity contribution is 5.77. The van der Waals surface area contributed by atoms with Gasteiger partial charge in [-0.1, -0.05) is 0 Å². The number of oxazole rings is 1. The summed E-state index contributed by atoms with van der Waals surface area (Å²) >= 11 is 0. The van der Waals surface area contributed by atoms with Crippen molar-refractivity contribution in [2.45, 2.75) is 0 Å². The molecule has 0 aliphatic carbocycles. The predicted molar refractivity (Wildman–Crippen MR) is 65.8 cm³/mol. The van der Waals surface area contributed by atoms with E-state index in [4.69, 9.17) is 9.15 Å². The summed E-state index contributed by atoms with van der Waals surface area (Å²) in [6.45, 7) is 1.01. The first-order valence-corrected chi connectivity index (χ1v) is 5.47. The van der Waals surface area contributed by atoms with E-state index in [0.29, 0.717) is 13.2 Å². The maximum absolute atomic E-state index is 13.4. The minimum atomic E-state index is -0.933. The number of hydrogen-bond donors (Lipinski definition) is 0. The van der Waals surface area contributed by atoms with Crippen molar-refractivity contribution in [1.29, 1.82) is 0 Å². The lowest BCUT2D eigenvalue weighted by molar-refractivity contribution is -0.387.